The number of carbonyl (C=O) groups is 1. The smallest absolute Gasteiger partial charge is 0.171 e. The summed E-state index contributed by atoms with van der Waals surface area (Å²) in [6, 6.07) is 0. The summed E-state index contributed by atoms with van der Waals surface area (Å²) in [5, 5.41) is 45.9. The zero-order valence-electron chi connectivity index (χ0n) is 21.9. The van der Waals surface area contributed by atoms with E-state index in [1.165, 1.54) is 6.08 Å². The number of ketones is 1. The Morgan fingerprint density at radius 3 is 2.34 bits per heavy atom. The number of Topliss-reactive ketones (excluding diaryl/α,β-unsaturated/α-hetero) is 1. The average molecular weight is 498 g/mol. The molecule has 0 amide bonds. The number of ether oxygens (including phenoxy) is 3. The van der Waals surface area contributed by atoms with Crippen LogP contribution in [0.25, 0.3) is 0 Å². The minimum Gasteiger partial charge on any atom is -0.392 e. The van der Waals surface area contributed by atoms with E-state index in [0.29, 0.717) is 25.8 Å². The summed E-state index contributed by atoms with van der Waals surface area (Å²) in [6.45, 7) is 13.6. The summed E-state index contributed by atoms with van der Waals surface area (Å²) in [5.74, 6) is -1.06. The van der Waals surface area contributed by atoms with Gasteiger partial charge in [-0.25, -0.2) is 0 Å². The first-order valence-electron chi connectivity index (χ1n) is 12.7. The SMILES string of the molecule is C=C[C@@]1(C)CC(=O)[C@]2(O)[C@@]3(C)[C@@H](O)CCC(C)(C)[C@@H]3[C@@H]3OC(O)CCN(C)CC(O)O[C@@H]3[C@@]2(C)O1. The van der Waals surface area contributed by atoms with Gasteiger partial charge < -0.3 is 39.5 Å². The van der Waals surface area contributed by atoms with E-state index in [1.54, 1.807) is 27.8 Å². The van der Waals surface area contributed by atoms with E-state index >= 15 is 0 Å². The molecular formula is C26H43NO8. The number of hydrogen-bond acceptors (Lipinski definition) is 9. The highest BCUT2D eigenvalue weighted by Gasteiger charge is 2.81. The molecule has 200 valence electrons. The maximum absolute atomic E-state index is 14.0. The number of rotatable bonds is 1. The Morgan fingerprint density at radius 2 is 1.71 bits per heavy atom. The van der Waals surface area contributed by atoms with Crippen molar-refractivity contribution in [2.75, 3.05) is 20.1 Å². The van der Waals surface area contributed by atoms with Crippen molar-refractivity contribution < 1.29 is 39.4 Å². The van der Waals surface area contributed by atoms with E-state index in [4.69, 9.17) is 14.2 Å². The number of hydrogen-bond donors (Lipinski definition) is 4. The number of fused-ring (bicyclic) bond motifs is 6. The third kappa shape index (κ3) is 3.77. The molecule has 2 unspecified atom stereocenters. The van der Waals surface area contributed by atoms with E-state index in [1.807, 2.05) is 18.7 Å². The third-order valence-electron chi connectivity index (χ3n) is 9.55. The molecule has 0 aromatic rings. The predicted octanol–water partition coefficient (Wildman–Crippen LogP) is 0.970. The number of nitrogens with zero attached hydrogens (tertiary/aromatic N) is 1. The molecule has 35 heavy (non-hydrogen) atoms. The van der Waals surface area contributed by atoms with Gasteiger partial charge in [-0.15, -0.1) is 6.58 Å². The number of carbonyl (C=O) groups excluding carboxylic acids is 1. The maximum atomic E-state index is 14.0. The van der Waals surface area contributed by atoms with Gasteiger partial charge in [-0.2, -0.15) is 0 Å². The van der Waals surface area contributed by atoms with Crippen LogP contribution in [0, 0.1) is 16.7 Å². The van der Waals surface area contributed by atoms with Crippen molar-refractivity contribution in [2.24, 2.45) is 16.7 Å². The van der Waals surface area contributed by atoms with Crippen molar-refractivity contribution in [1.82, 2.24) is 4.90 Å². The Bertz CT molecular complexity index is 866. The summed E-state index contributed by atoms with van der Waals surface area (Å²) >= 11 is 0. The van der Waals surface area contributed by atoms with Crippen molar-refractivity contribution in [1.29, 1.82) is 0 Å². The fourth-order valence-electron chi connectivity index (χ4n) is 7.76. The van der Waals surface area contributed by atoms with Gasteiger partial charge in [0.15, 0.2) is 24.0 Å². The second-order valence-electron chi connectivity index (χ2n) is 12.5. The van der Waals surface area contributed by atoms with E-state index in [2.05, 4.69) is 6.58 Å². The van der Waals surface area contributed by atoms with Gasteiger partial charge in [0, 0.05) is 37.3 Å². The number of likely N-dealkylation sites (N-methyl/N-ethyl adjacent to an activating group) is 1. The fraction of sp³-hybridized carbons (Fsp3) is 0.885. The molecule has 0 radical (unpaired) electrons. The molecular weight excluding hydrogens is 454 g/mol. The molecule has 10 atom stereocenters. The van der Waals surface area contributed by atoms with Gasteiger partial charge in [0.25, 0.3) is 0 Å². The first-order valence-corrected chi connectivity index (χ1v) is 12.7. The molecule has 4 rings (SSSR count). The molecule has 2 saturated heterocycles. The highest BCUT2D eigenvalue weighted by molar-refractivity contribution is 5.92. The standard InChI is InChI=1S/C26H43NO8/c1-8-23(4)13-16(29)26(32)24(5)15(28)9-11-22(2,3)20(24)19-21(25(26,6)35-23)34-18(31)14-27(7)12-10-17(30)33-19/h8,15,17-21,28,30-32H,1,9-14H2,2-7H3/t15-,17?,18?,19-,20-,21-,23-,24-,25+,26-/m0/s1. The summed E-state index contributed by atoms with van der Waals surface area (Å²) in [4.78, 5) is 15.8. The third-order valence-corrected chi connectivity index (χ3v) is 9.55. The van der Waals surface area contributed by atoms with Crippen LogP contribution in [0.2, 0.25) is 0 Å². The van der Waals surface area contributed by atoms with Crippen LogP contribution in [0.3, 0.4) is 0 Å². The Morgan fingerprint density at radius 1 is 1.06 bits per heavy atom. The van der Waals surface area contributed by atoms with Gasteiger partial charge >= 0.3 is 0 Å². The summed E-state index contributed by atoms with van der Waals surface area (Å²) in [5.41, 5.74) is -6.87. The molecule has 2 heterocycles. The molecule has 0 bridgehead atoms. The fourth-order valence-corrected chi connectivity index (χ4v) is 7.76. The van der Waals surface area contributed by atoms with E-state index in [0.717, 1.165) is 0 Å². The molecule has 9 heteroatoms. The van der Waals surface area contributed by atoms with E-state index in [-0.39, 0.29) is 13.0 Å². The van der Waals surface area contributed by atoms with Crippen LogP contribution in [0.4, 0.5) is 0 Å². The Balaban J connectivity index is 1.99. The molecule has 4 fully saturated rings. The summed E-state index contributed by atoms with van der Waals surface area (Å²) in [6.07, 6.45) is -2.74. The van der Waals surface area contributed by atoms with Gasteiger partial charge in [-0.3, -0.25) is 4.79 Å². The molecule has 4 aliphatic rings. The van der Waals surface area contributed by atoms with Crippen LogP contribution in [0.15, 0.2) is 12.7 Å². The Labute approximate surface area is 208 Å². The highest BCUT2D eigenvalue weighted by atomic mass is 16.7. The highest BCUT2D eigenvalue weighted by Crippen LogP contribution is 2.67. The first kappa shape index (κ1) is 27.1. The molecule has 2 aliphatic heterocycles. The Hall–Kier alpha value is -0.910. The van der Waals surface area contributed by atoms with Crippen LogP contribution < -0.4 is 0 Å². The predicted molar refractivity (Wildman–Crippen MR) is 127 cm³/mol. The van der Waals surface area contributed by atoms with E-state index in [9.17, 15) is 25.2 Å². The number of β-amino-alcohol motifs (C(OH)–C–C–N with tert-alkyl or cyclic N) is 1. The van der Waals surface area contributed by atoms with Gasteiger partial charge in [-0.05, 0) is 39.2 Å². The lowest BCUT2D eigenvalue weighted by atomic mass is 9.39. The second kappa shape index (κ2) is 8.56. The maximum Gasteiger partial charge on any atom is 0.171 e. The van der Waals surface area contributed by atoms with Crippen LogP contribution in [0.5, 0.6) is 0 Å². The second-order valence-corrected chi connectivity index (χ2v) is 12.5. The lowest BCUT2D eigenvalue weighted by Crippen LogP contribution is -2.87. The molecule has 9 nitrogen and oxygen atoms in total. The van der Waals surface area contributed by atoms with Crippen LogP contribution in [-0.4, -0.2) is 98.9 Å². The Kier molecular flexibility index (Phi) is 6.64. The van der Waals surface area contributed by atoms with E-state index < -0.39 is 70.2 Å². The monoisotopic (exact) mass is 497 g/mol. The van der Waals surface area contributed by atoms with Gasteiger partial charge in [-0.1, -0.05) is 26.8 Å². The zero-order chi connectivity index (χ0) is 26.2. The molecule has 4 N–H and O–H groups in total. The lowest BCUT2D eigenvalue weighted by Gasteiger charge is -2.72. The van der Waals surface area contributed by atoms with Crippen LogP contribution in [0.1, 0.15) is 60.3 Å². The topological polar surface area (TPSA) is 129 Å². The van der Waals surface area contributed by atoms with Crippen molar-refractivity contribution in [2.45, 2.75) is 108 Å². The largest absolute Gasteiger partial charge is 0.392 e. The van der Waals surface area contributed by atoms with Gasteiger partial charge in [0.1, 0.15) is 11.7 Å². The summed E-state index contributed by atoms with van der Waals surface area (Å²) in [7, 11) is 1.80. The molecule has 2 saturated carbocycles. The van der Waals surface area contributed by atoms with Crippen molar-refractivity contribution in [3.63, 3.8) is 0 Å². The van der Waals surface area contributed by atoms with Crippen LogP contribution >= 0.6 is 0 Å². The zero-order valence-corrected chi connectivity index (χ0v) is 21.9. The number of aliphatic hydroxyl groups excluding tert-OH is 3. The summed E-state index contributed by atoms with van der Waals surface area (Å²) < 4.78 is 19.1. The van der Waals surface area contributed by atoms with Gasteiger partial charge in [0.05, 0.1) is 17.8 Å². The molecule has 0 aromatic carbocycles. The van der Waals surface area contributed by atoms with Crippen molar-refractivity contribution in [3.8, 4) is 0 Å². The average Bonchev–Trinajstić information content (AvgIpc) is 2.75. The number of aliphatic hydroxyl groups is 4. The molecule has 0 aromatic heterocycles. The van der Waals surface area contributed by atoms with Crippen molar-refractivity contribution >= 4 is 5.78 Å². The molecule has 2 aliphatic carbocycles. The quantitative estimate of drug-likeness (QED) is 0.392. The lowest BCUT2D eigenvalue weighted by molar-refractivity contribution is -0.399. The molecule has 0 spiro atoms. The van der Waals surface area contributed by atoms with Gasteiger partial charge in [0.2, 0.25) is 0 Å². The van der Waals surface area contributed by atoms with Crippen LogP contribution in [-0.2, 0) is 19.0 Å². The normalized spacial score (nSPS) is 53.1. The van der Waals surface area contributed by atoms with Crippen molar-refractivity contribution in [3.05, 3.63) is 12.7 Å². The first-order chi connectivity index (χ1) is 16.1. The minimum atomic E-state index is -2.16. The minimum absolute atomic E-state index is 0.121.